The average molecular weight is 118 g/mol. The Morgan fingerprint density at radius 2 is 2.38 bits per heavy atom. The van der Waals surface area contributed by atoms with Gasteiger partial charge in [-0.2, -0.15) is 0 Å². The van der Waals surface area contributed by atoms with Crippen molar-refractivity contribution >= 4 is 0 Å². The molecule has 0 spiro atoms. The van der Waals surface area contributed by atoms with Crippen molar-refractivity contribution in [2.24, 2.45) is 0 Å². The molecule has 2 nitrogen and oxygen atoms in total. The number of rotatable bonds is 4. The second-order valence-corrected chi connectivity index (χ2v) is 0.961. The highest BCUT2D eigenvalue weighted by atomic mass is 19.3. The predicted octanol–water partition coefficient (Wildman–Crippen LogP) is 1.56. The highest BCUT2D eigenvalue weighted by Gasteiger charge is 1.70. The third-order valence-electron chi connectivity index (χ3n) is 0.458. The van der Waals surface area contributed by atoms with Gasteiger partial charge < -0.3 is 9.68 Å². The van der Waals surface area contributed by atoms with Crippen LogP contribution in [0, 0.1) is 0 Å². The molecule has 0 N–H and O–H groups in total. The lowest BCUT2D eigenvalue weighted by Gasteiger charge is -1.88. The molecule has 0 saturated carbocycles. The van der Waals surface area contributed by atoms with Crippen molar-refractivity contribution in [2.45, 2.75) is 0 Å². The van der Waals surface area contributed by atoms with E-state index in [0.717, 1.165) is 6.26 Å². The van der Waals surface area contributed by atoms with Gasteiger partial charge in [-0.05, 0) is 6.08 Å². The molecule has 0 aliphatic rings. The minimum atomic E-state index is 0.285. The standard InChI is InChI=1S/C5H7FO2/c1-2-7-4-3-5-8-6/h2-3,5H,1,4H2. The van der Waals surface area contributed by atoms with Crippen LogP contribution in [0.3, 0.4) is 0 Å². The smallest absolute Gasteiger partial charge is 0.135 e. The van der Waals surface area contributed by atoms with Gasteiger partial charge in [0.15, 0.2) is 0 Å². The molecule has 0 aromatic rings. The first-order valence-corrected chi connectivity index (χ1v) is 2.06. The number of hydrogen-bond acceptors (Lipinski definition) is 2. The second kappa shape index (κ2) is 6.01. The van der Waals surface area contributed by atoms with Crippen molar-refractivity contribution in [1.29, 1.82) is 0 Å². The predicted molar refractivity (Wildman–Crippen MR) is 27.5 cm³/mol. The molecule has 0 radical (unpaired) electrons. The van der Waals surface area contributed by atoms with Crippen LogP contribution >= 0.6 is 0 Å². The molecule has 3 heteroatoms. The molecule has 0 bridgehead atoms. The molecule has 8 heavy (non-hydrogen) atoms. The van der Waals surface area contributed by atoms with E-state index >= 15 is 0 Å². The lowest BCUT2D eigenvalue weighted by Crippen LogP contribution is -1.78. The fourth-order valence-electron chi connectivity index (χ4n) is 0.199. The molecule has 0 rings (SSSR count). The Morgan fingerprint density at radius 1 is 1.62 bits per heavy atom. The van der Waals surface area contributed by atoms with E-state index in [1.54, 1.807) is 0 Å². The SMILES string of the molecule is C=COCC=COF. The third kappa shape index (κ3) is 5.01. The highest BCUT2D eigenvalue weighted by Crippen LogP contribution is 1.78. The van der Waals surface area contributed by atoms with Crippen molar-refractivity contribution in [3.05, 3.63) is 25.2 Å². The lowest BCUT2D eigenvalue weighted by molar-refractivity contribution is -0.0624. The summed E-state index contributed by atoms with van der Waals surface area (Å²) in [5.41, 5.74) is 0. The van der Waals surface area contributed by atoms with Gasteiger partial charge in [-0.25, -0.2) is 0 Å². The maximum atomic E-state index is 10.8. The normalized spacial score (nSPS) is 9.12. The Balaban J connectivity index is 2.90. The molecule has 0 aromatic carbocycles. The van der Waals surface area contributed by atoms with Gasteiger partial charge in [0.2, 0.25) is 0 Å². The van der Waals surface area contributed by atoms with Crippen molar-refractivity contribution < 1.29 is 14.2 Å². The van der Waals surface area contributed by atoms with E-state index in [9.17, 15) is 4.53 Å². The maximum absolute atomic E-state index is 10.8. The summed E-state index contributed by atoms with van der Waals surface area (Å²) in [6.45, 7) is 3.55. The number of ether oxygens (including phenoxy) is 1. The number of hydrogen-bond donors (Lipinski definition) is 0. The van der Waals surface area contributed by atoms with Crippen molar-refractivity contribution in [2.75, 3.05) is 6.61 Å². The Hall–Kier alpha value is -0.990. The van der Waals surface area contributed by atoms with Gasteiger partial charge in [-0.1, -0.05) is 6.58 Å². The summed E-state index contributed by atoms with van der Waals surface area (Å²) in [5.74, 6) is 0. The zero-order valence-corrected chi connectivity index (χ0v) is 4.34. The van der Waals surface area contributed by atoms with Crippen LogP contribution in [-0.4, -0.2) is 6.61 Å². The van der Waals surface area contributed by atoms with Crippen LogP contribution in [0.2, 0.25) is 0 Å². The second-order valence-electron chi connectivity index (χ2n) is 0.961. The van der Waals surface area contributed by atoms with Crippen LogP contribution in [0.5, 0.6) is 0 Å². The van der Waals surface area contributed by atoms with E-state index < -0.39 is 0 Å². The van der Waals surface area contributed by atoms with Gasteiger partial charge in [0.25, 0.3) is 0 Å². The quantitative estimate of drug-likeness (QED) is 0.412. The van der Waals surface area contributed by atoms with Gasteiger partial charge in [-0.15, -0.1) is 0 Å². The zero-order chi connectivity index (χ0) is 6.24. The molecule has 0 heterocycles. The first-order chi connectivity index (χ1) is 3.91. The minimum absolute atomic E-state index is 0.285. The fourth-order valence-corrected chi connectivity index (χ4v) is 0.199. The monoisotopic (exact) mass is 118 g/mol. The lowest BCUT2D eigenvalue weighted by atomic mass is 10.7. The topological polar surface area (TPSA) is 18.5 Å². The Labute approximate surface area is 47.1 Å². The third-order valence-corrected chi connectivity index (χ3v) is 0.458. The van der Waals surface area contributed by atoms with Gasteiger partial charge in [0.05, 0.1) is 6.26 Å². The van der Waals surface area contributed by atoms with E-state index in [1.807, 2.05) is 0 Å². The molecule has 0 amide bonds. The van der Waals surface area contributed by atoms with Crippen molar-refractivity contribution in [1.82, 2.24) is 0 Å². The van der Waals surface area contributed by atoms with Crippen LogP contribution < -0.4 is 0 Å². The van der Waals surface area contributed by atoms with Crippen LogP contribution in [0.4, 0.5) is 4.53 Å². The van der Waals surface area contributed by atoms with Crippen LogP contribution in [0.25, 0.3) is 0 Å². The molecular formula is C5H7FO2. The van der Waals surface area contributed by atoms with Gasteiger partial charge >= 0.3 is 0 Å². The maximum Gasteiger partial charge on any atom is 0.135 e. The fraction of sp³-hybridized carbons (Fsp3) is 0.200. The Bertz CT molecular complexity index is 80.5. The van der Waals surface area contributed by atoms with Crippen LogP contribution in [-0.2, 0) is 9.68 Å². The first kappa shape index (κ1) is 7.01. The minimum Gasteiger partial charge on any atom is -0.498 e. The molecule has 0 aliphatic carbocycles. The van der Waals surface area contributed by atoms with Crippen molar-refractivity contribution in [3.8, 4) is 0 Å². The zero-order valence-electron chi connectivity index (χ0n) is 4.34. The summed E-state index contributed by atoms with van der Waals surface area (Å²) >= 11 is 0. The largest absolute Gasteiger partial charge is 0.498 e. The molecule has 0 saturated heterocycles. The summed E-state index contributed by atoms with van der Waals surface area (Å²) in [6, 6.07) is 0. The molecule has 0 aromatic heterocycles. The van der Waals surface area contributed by atoms with Crippen LogP contribution in [0.15, 0.2) is 25.2 Å². The first-order valence-electron chi connectivity index (χ1n) is 2.06. The van der Waals surface area contributed by atoms with E-state index in [4.69, 9.17) is 0 Å². The van der Waals surface area contributed by atoms with E-state index in [-0.39, 0.29) is 6.61 Å². The molecule has 0 unspecified atom stereocenters. The molecular weight excluding hydrogens is 111 g/mol. The van der Waals surface area contributed by atoms with Crippen molar-refractivity contribution in [3.63, 3.8) is 0 Å². The number of halogens is 1. The Morgan fingerprint density at radius 3 is 2.88 bits per heavy atom. The summed E-state index contributed by atoms with van der Waals surface area (Å²) in [6.07, 6.45) is 3.54. The van der Waals surface area contributed by atoms with Gasteiger partial charge in [-0.3, -0.25) is 0 Å². The average Bonchev–Trinajstić information content (AvgIpc) is 1.81. The molecule has 0 fully saturated rings. The van der Waals surface area contributed by atoms with Gasteiger partial charge in [0, 0.05) is 4.53 Å². The highest BCUT2D eigenvalue weighted by molar-refractivity contribution is 4.72. The molecule has 0 atom stereocenters. The van der Waals surface area contributed by atoms with E-state index in [1.165, 1.54) is 12.3 Å². The van der Waals surface area contributed by atoms with E-state index in [2.05, 4.69) is 16.3 Å². The summed E-state index contributed by atoms with van der Waals surface area (Å²) in [7, 11) is 0. The molecule has 46 valence electrons. The van der Waals surface area contributed by atoms with E-state index in [0.29, 0.717) is 0 Å². The summed E-state index contributed by atoms with van der Waals surface area (Å²) in [4.78, 5) is 3.09. The summed E-state index contributed by atoms with van der Waals surface area (Å²) < 4.78 is 15.3. The van der Waals surface area contributed by atoms with Crippen LogP contribution in [0.1, 0.15) is 0 Å². The van der Waals surface area contributed by atoms with Gasteiger partial charge in [0.1, 0.15) is 12.9 Å². The summed E-state index contributed by atoms with van der Waals surface area (Å²) in [5, 5.41) is 0. The molecule has 0 aliphatic heterocycles. The Kier molecular flexibility index (Phi) is 5.27.